The van der Waals surface area contributed by atoms with Crippen LogP contribution in [0.4, 0.5) is 0 Å². The van der Waals surface area contributed by atoms with Crippen molar-refractivity contribution in [1.82, 2.24) is 0 Å². The van der Waals surface area contributed by atoms with Gasteiger partial charge in [-0.05, 0) is 42.7 Å². The van der Waals surface area contributed by atoms with Crippen molar-refractivity contribution in [3.8, 4) is 0 Å². The molecule has 0 radical (unpaired) electrons. The highest BCUT2D eigenvalue weighted by atomic mass is 32.1. The average Bonchev–Trinajstić information content (AvgIpc) is 2.72. The smallest absolute Gasteiger partial charge is 0.0334 e. The summed E-state index contributed by atoms with van der Waals surface area (Å²) in [6.07, 6.45) is 5.41. The number of rotatable bonds is 2. The third-order valence-electron chi connectivity index (χ3n) is 3.17. The van der Waals surface area contributed by atoms with E-state index in [4.69, 9.17) is 5.73 Å². The van der Waals surface area contributed by atoms with Gasteiger partial charge < -0.3 is 5.73 Å². The predicted molar refractivity (Wildman–Crippen MR) is 57.9 cm³/mol. The predicted octanol–water partition coefficient (Wildman–Crippen LogP) is 3.25. The van der Waals surface area contributed by atoms with Crippen molar-refractivity contribution in [3.05, 3.63) is 21.9 Å². The van der Waals surface area contributed by atoms with E-state index in [1.54, 1.807) is 0 Å². The minimum atomic E-state index is 0.300. The van der Waals surface area contributed by atoms with Gasteiger partial charge >= 0.3 is 0 Å². The Morgan fingerprint density at radius 3 is 2.69 bits per heavy atom. The van der Waals surface area contributed by atoms with E-state index in [1.807, 2.05) is 11.3 Å². The van der Waals surface area contributed by atoms with Gasteiger partial charge in [-0.2, -0.15) is 0 Å². The molecule has 0 aromatic carbocycles. The third kappa shape index (κ3) is 1.79. The molecule has 1 aromatic heterocycles. The maximum absolute atomic E-state index is 6.25. The first kappa shape index (κ1) is 9.22. The first-order valence-electron chi connectivity index (χ1n) is 5.08. The minimum Gasteiger partial charge on any atom is -0.324 e. The molecular formula is C11H17NS. The molecule has 0 aliphatic heterocycles. The normalized spacial score (nSPS) is 20.8. The molecule has 2 heteroatoms. The van der Waals surface area contributed by atoms with Gasteiger partial charge in [0.1, 0.15) is 0 Å². The van der Waals surface area contributed by atoms with Crippen LogP contribution in [0.3, 0.4) is 0 Å². The fourth-order valence-electron chi connectivity index (χ4n) is 2.31. The van der Waals surface area contributed by atoms with E-state index < -0.39 is 0 Å². The molecule has 2 rings (SSSR count). The Hall–Kier alpha value is -0.340. The van der Waals surface area contributed by atoms with Crippen molar-refractivity contribution in [3.63, 3.8) is 0 Å². The Kier molecular flexibility index (Phi) is 2.70. The lowest BCUT2D eigenvalue weighted by atomic mass is 9.93. The highest BCUT2D eigenvalue weighted by Gasteiger charge is 2.24. The van der Waals surface area contributed by atoms with Gasteiger partial charge in [-0.25, -0.2) is 0 Å². The van der Waals surface area contributed by atoms with Crippen molar-refractivity contribution >= 4 is 11.3 Å². The SMILES string of the molecule is Cc1sccc1C(N)C1CCCC1. The maximum Gasteiger partial charge on any atom is 0.0334 e. The Labute approximate surface area is 84.0 Å². The van der Waals surface area contributed by atoms with E-state index in [2.05, 4.69) is 18.4 Å². The van der Waals surface area contributed by atoms with Crippen LogP contribution in [-0.4, -0.2) is 0 Å². The molecule has 0 saturated heterocycles. The lowest BCUT2D eigenvalue weighted by Gasteiger charge is -2.18. The molecule has 1 nitrogen and oxygen atoms in total. The Morgan fingerprint density at radius 2 is 2.15 bits per heavy atom. The van der Waals surface area contributed by atoms with Crippen LogP contribution in [0.2, 0.25) is 0 Å². The van der Waals surface area contributed by atoms with Gasteiger partial charge in [0.25, 0.3) is 0 Å². The van der Waals surface area contributed by atoms with Crippen LogP contribution in [0.1, 0.15) is 42.2 Å². The van der Waals surface area contributed by atoms with Crippen LogP contribution in [0.5, 0.6) is 0 Å². The zero-order chi connectivity index (χ0) is 9.26. The van der Waals surface area contributed by atoms with Crippen molar-refractivity contribution < 1.29 is 0 Å². The van der Waals surface area contributed by atoms with Crippen LogP contribution in [0, 0.1) is 12.8 Å². The molecule has 1 atom stereocenters. The maximum atomic E-state index is 6.25. The van der Waals surface area contributed by atoms with E-state index >= 15 is 0 Å². The summed E-state index contributed by atoms with van der Waals surface area (Å²) in [6.45, 7) is 2.18. The first-order valence-corrected chi connectivity index (χ1v) is 5.96. The summed E-state index contributed by atoms with van der Waals surface area (Å²) < 4.78 is 0. The Morgan fingerprint density at radius 1 is 1.46 bits per heavy atom. The van der Waals surface area contributed by atoms with Crippen LogP contribution in [-0.2, 0) is 0 Å². The quantitative estimate of drug-likeness (QED) is 0.770. The minimum absolute atomic E-state index is 0.300. The van der Waals surface area contributed by atoms with Crippen molar-refractivity contribution in [1.29, 1.82) is 0 Å². The van der Waals surface area contributed by atoms with Crippen molar-refractivity contribution in [2.24, 2.45) is 11.7 Å². The van der Waals surface area contributed by atoms with Crippen molar-refractivity contribution in [2.45, 2.75) is 38.6 Å². The molecule has 0 amide bonds. The van der Waals surface area contributed by atoms with Gasteiger partial charge in [0.15, 0.2) is 0 Å². The summed E-state index contributed by atoms with van der Waals surface area (Å²) in [5.41, 5.74) is 7.64. The molecular weight excluding hydrogens is 178 g/mol. The third-order valence-corrected chi connectivity index (χ3v) is 4.03. The lowest BCUT2D eigenvalue weighted by molar-refractivity contribution is 0.444. The molecule has 1 saturated carbocycles. The second-order valence-corrected chi connectivity index (χ2v) is 5.12. The molecule has 72 valence electrons. The topological polar surface area (TPSA) is 26.0 Å². The molecule has 1 aromatic rings. The van der Waals surface area contributed by atoms with Crippen LogP contribution < -0.4 is 5.73 Å². The Bertz CT molecular complexity index is 273. The van der Waals surface area contributed by atoms with E-state index in [-0.39, 0.29) is 0 Å². The number of aryl methyl sites for hydroxylation is 1. The fraction of sp³-hybridized carbons (Fsp3) is 0.636. The first-order chi connectivity index (χ1) is 6.29. The van der Waals surface area contributed by atoms with E-state index in [0.717, 1.165) is 5.92 Å². The molecule has 1 unspecified atom stereocenters. The monoisotopic (exact) mass is 195 g/mol. The Balaban J connectivity index is 2.12. The summed E-state index contributed by atoms with van der Waals surface area (Å²) >= 11 is 1.81. The van der Waals surface area contributed by atoms with Crippen molar-refractivity contribution in [2.75, 3.05) is 0 Å². The van der Waals surface area contributed by atoms with Gasteiger partial charge in [0, 0.05) is 10.9 Å². The highest BCUT2D eigenvalue weighted by Crippen LogP contribution is 2.36. The standard InChI is InChI=1S/C11H17NS/c1-8-10(6-7-13-8)11(12)9-4-2-3-5-9/h6-7,9,11H,2-5,12H2,1H3. The molecule has 0 bridgehead atoms. The number of hydrogen-bond acceptors (Lipinski definition) is 2. The van der Waals surface area contributed by atoms with Gasteiger partial charge in [-0.1, -0.05) is 12.8 Å². The molecule has 1 fully saturated rings. The number of thiophene rings is 1. The zero-order valence-electron chi connectivity index (χ0n) is 8.12. The van der Waals surface area contributed by atoms with E-state index in [1.165, 1.54) is 36.1 Å². The molecule has 2 N–H and O–H groups in total. The molecule has 1 aliphatic carbocycles. The number of hydrogen-bond donors (Lipinski definition) is 1. The summed E-state index contributed by atoms with van der Waals surface area (Å²) in [7, 11) is 0. The second kappa shape index (κ2) is 3.81. The summed E-state index contributed by atoms with van der Waals surface area (Å²) in [4.78, 5) is 1.40. The lowest BCUT2D eigenvalue weighted by Crippen LogP contribution is -2.19. The van der Waals surface area contributed by atoms with Gasteiger partial charge in [-0.3, -0.25) is 0 Å². The molecule has 13 heavy (non-hydrogen) atoms. The average molecular weight is 195 g/mol. The number of nitrogens with two attached hydrogens (primary N) is 1. The molecule has 0 spiro atoms. The van der Waals surface area contributed by atoms with Crippen LogP contribution >= 0.6 is 11.3 Å². The summed E-state index contributed by atoms with van der Waals surface area (Å²) in [6, 6.07) is 2.50. The van der Waals surface area contributed by atoms with Crippen LogP contribution in [0.25, 0.3) is 0 Å². The van der Waals surface area contributed by atoms with Gasteiger partial charge in [-0.15, -0.1) is 11.3 Å². The molecule has 1 heterocycles. The van der Waals surface area contributed by atoms with E-state index in [9.17, 15) is 0 Å². The largest absolute Gasteiger partial charge is 0.324 e. The van der Waals surface area contributed by atoms with Gasteiger partial charge in [0.2, 0.25) is 0 Å². The van der Waals surface area contributed by atoms with Crippen LogP contribution in [0.15, 0.2) is 11.4 Å². The molecule has 1 aliphatic rings. The van der Waals surface area contributed by atoms with Gasteiger partial charge in [0.05, 0.1) is 0 Å². The second-order valence-electron chi connectivity index (χ2n) is 4.00. The highest BCUT2D eigenvalue weighted by molar-refractivity contribution is 7.10. The van der Waals surface area contributed by atoms with E-state index in [0.29, 0.717) is 6.04 Å². The summed E-state index contributed by atoms with van der Waals surface area (Å²) in [5.74, 6) is 0.744. The zero-order valence-corrected chi connectivity index (χ0v) is 8.94. The summed E-state index contributed by atoms with van der Waals surface area (Å²) in [5, 5.41) is 2.15. The fourth-order valence-corrected chi connectivity index (χ4v) is 3.07.